The molecule has 2 rings (SSSR count). The molecule has 1 aromatic heterocycles. The van der Waals surface area contributed by atoms with Crippen LogP contribution in [0.5, 0.6) is 0 Å². The molecule has 1 saturated heterocycles. The number of hydrogen-bond acceptors (Lipinski definition) is 5. The lowest BCUT2D eigenvalue weighted by Crippen LogP contribution is -2.40. The van der Waals surface area contributed by atoms with E-state index in [2.05, 4.69) is 28.6 Å². The Bertz CT molecular complexity index is 521. The van der Waals surface area contributed by atoms with Gasteiger partial charge < -0.3 is 14.2 Å². The zero-order valence-corrected chi connectivity index (χ0v) is 16.0. The number of ether oxygens (including phenoxy) is 1. The molecule has 1 amide bonds. The Kier molecular flexibility index (Phi) is 8.05. The fourth-order valence-corrected chi connectivity index (χ4v) is 3.95. The third-order valence-corrected chi connectivity index (χ3v) is 5.28. The first-order valence-corrected chi connectivity index (χ1v) is 9.95. The molecule has 0 spiro atoms. The number of amides is 1. The minimum atomic E-state index is 0.218. The van der Waals surface area contributed by atoms with Crippen LogP contribution in [0.15, 0.2) is 5.16 Å². The Morgan fingerprint density at radius 3 is 2.96 bits per heavy atom. The van der Waals surface area contributed by atoms with Crippen LogP contribution in [0, 0.1) is 5.92 Å². The maximum atomic E-state index is 12.4. The maximum absolute atomic E-state index is 12.4. The zero-order chi connectivity index (χ0) is 17.4. The molecular formula is C17H30N4O2S. The summed E-state index contributed by atoms with van der Waals surface area (Å²) in [4.78, 5) is 14.4. The predicted molar refractivity (Wildman–Crippen MR) is 96.2 cm³/mol. The van der Waals surface area contributed by atoms with Crippen molar-refractivity contribution in [2.45, 2.75) is 57.7 Å². The van der Waals surface area contributed by atoms with Crippen molar-refractivity contribution < 1.29 is 9.53 Å². The summed E-state index contributed by atoms with van der Waals surface area (Å²) >= 11 is 1.51. The molecule has 2 heterocycles. The predicted octanol–water partition coefficient (Wildman–Crippen LogP) is 2.62. The van der Waals surface area contributed by atoms with Crippen LogP contribution in [0.3, 0.4) is 0 Å². The van der Waals surface area contributed by atoms with Crippen molar-refractivity contribution >= 4 is 17.7 Å². The number of carbonyl (C=O) groups is 1. The van der Waals surface area contributed by atoms with Crippen LogP contribution in [0.2, 0.25) is 0 Å². The van der Waals surface area contributed by atoms with Gasteiger partial charge in [0, 0.05) is 39.8 Å². The van der Waals surface area contributed by atoms with E-state index in [4.69, 9.17) is 4.74 Å². The van der Waals surface area contributed by atoms with E-state index in [-0.39, 0.29) is 5.91 Å². The lowest BCUT2D eigenvalue weighted by molar-refractivity contribution is -0.130. The summed E-state index contributed by atoms with van der Waals surface area (Å²) in [5.74, 6) is 2.29. The number of thioether (sulfide) groups is 1. The van der Waals surface area contributed by atoms with Crippen molar-refractivity contribution in [3.05, 3.63) is 5.82 Å². The Labute approximate surface area is 149 Å². The first kappa shape index (κ1) is 19.2. The van der Waals surface area contributed by atoms with Crippen LogP contribution < -0.4 is 0 Å². The number of aromatic nitrogens is 3. The molecule has 0 bridgehead atoms. The van der Waals surface area contributed by atoms with E-state index in [1.807, 2.05) is 4.90 Å². The molecule has 24 heavy (non-hydrogen) atoms. The van der Waals surface area contributed by atoms with Crippen LogP contribution in [0.25, 0.3) is 0 Å². The van der Waals surface area contributed by atoms with Gasteiger partial charge in [-0.2, -0.15) is 0 Å². The van der Waals surface area contributed by atoms with Gasteiger partial charge >= 0.3 is 0 Å². The van der Waals surface area contributed by atoms with Crippen LogP contribution in [-0.4, -0.2) is 58.1 Å². The lowest BCUT2D eigenvalue weighted by atomic mass is 10.0. The third kappa shape index (κ3) is 5.48. The van der Waals surface area contributed by atoms with Crippen molar-refractivity contribution in [1.29, 1.82) is 0 Å². The summed E-state index contributed by atoms with van der Waals surface area (Å²) in [6.45, 7) is 7.70. The molecule has 0 saturated carbocycles. The van der Waals surface area contributed by atoms with Crippen molar-refractivity contribution in [2.75, 3.05) is 32.6 Å². The molecule has 136 valence electrons. The maximum Gasteiger partial charge on any atom is 0.233 e. The van der Waals surface area contributed by atoms with E-state index in [0.29, 0.717) is 11.7 Å². The van der Waals surface area contributed by atoms with Crippen LogP contribution in [0.1, 0.15) is 45.4 Å². The highest BCUT2D eigenvalue weighted by molar-refractivity contribution is 7.99. The van der Waals surface area contributed by atoms with Crippen molar-refractivity contribution in [2.24, 2.45) is 5.92 Å². The molecule has 0 N–H and O–H groups in total. The van der Waals surface area contributed by atoms with E-state index < -0.39 is 0 Å². The van der Waals surface area contributed by atoms with Gasteiger partial charge in [0.05, 0.1) is 5.75 Å². The topological polar surface area (TPSA) is 60.2 Å². The standard InChI is InChI=1S/C17H30N4O2S/c1-4-7-15-18-19-17(21(15)10-6-11-23-3)24-13-16(22)20-9-5-8-14(2)12-20/h14H,4-13H2,1-3H3/t14-/m1/s1. The molecule has 0 aliphatic carbocycles. The molecule has 7 heteroatoms. The second kappa shape index (κ2) is 10.0. The molecule has 1 fully saturated rings. The number of rotatable bonds is 9. The monoisotopic (exact) mass is 354 g/mol. The summed E-state index contributed by atoms with van der Waals surface area (Å²) in [5, 5.41) is 9.48. The van der Waals surface area contributed by atoms with Crippen molar-refractivity contribution in [3.63, 3.8) is 0 Å². The van der Waals surface area contributed by atoms with Crippen LogP contribution >= 0.6 is 11.8 Å². The first-order valence-electron chi connectivity index (χ1n) is 8.97. The van der Waals surface area contributed by atoms with Gasteiger partial charge in [0.15, 0.2) is 5.16 Å². The van der Waals surface area contributed by atoms with Crippen molar-refractivity contribution in [1.82, 2.24) is 19.7 Å². The third-order valence-electron chi connectivity index (χ3n) is 4.33. The number of carbonyl (C=O) groups excluding carboxylic acids is 1. The van der Waals surface area contributed by atoms with E-state index >= 15 is 0 Å². The fraction of sp³-hybridized carbons (Fsp3) is 0.824. The van der Waals surface area contributed by atoms with Crippen molar-refractivity contribution in [3.8, 4) is 0 Å². The molecule has 1 atom stereocenters. The van der Waals surface area contributed by atoms with Crippen LogP contribution in [-0.2, 0) is 22.5 Å². The van der Waals surface area contributed by atoms with Gasteiger partial charge in [-0.25, -0.2) is 0 Å². The smallest absolute Gasteiger partial charge is 0.233 e. The van der Waals surface area contributed by atoms with E-state index in [9.17, 15) is 4.79 Å². The number of aryl methyl sites for hydroxylation is 1. The molecular weight excluding hydrogens is 324 g/mol. The molecule has 1 aliphatic heterocycles. The van der Waals surface area contributed by atoms with E-state index in [1.165, 1.54) is 18.2 Å². The average molecular weight is 355 g/mol. The number of methoxy groups -OCH3 is 1. The summed E-state index contributed by atoms with van der Waals surface area (Å²) in [5.41, 5.74) is 0. The highest BCUT2D eigenvalue weighted by atomic mass is 32.2. The lowest BCUT2D eigenvalue weighted by Gasteiger charge is -2.30. The molecule has 1 aromatic rings. The highest BCUT2D eigenvalue weighted by Crippen LogP contribution is 2.21. The molecule has 0 aromatic carbocycles. The second-order valence-electron chi connectivity index (χ2n) is 6.52. The molecule has 0 unspecified atom stereocenters. The highest BCUT2D eigenvalue weighted by Gasteiger charge is 2.22. The largest absolute Gasteiger partial charge is 0.385 e. The van der Waals surface area contributed by atoms with Gasteiger partial charge in [0.2, 0.25) is 5.91 Å². The Balaban J connectivity index is 1.93. The van der Waals surface area contributed by atoms with Crippen LogP contribution in [0.4, 0.5) is 0 Å². The van der Waals surface area contributed by atoms with Gasteiger partial charge in [-0.15, -0.1) is 10.2 Å². The minimum Gasteiger partial charge on any atom is -0.385 e. The zero-order valence-electron chi connectivity index (χ0n) is 15.2. The SMILES string of the molecule is CCCc1nnc(SCC(=O)N2CCC[C@@H](C)C2)n1CCCOC. The van der Waals surface area contributed by atoms with E-state index in [1.54, 1.807) is 7.11 Å². The quantitative estimate of drug-likeness (QED) is 0.504. The summed E-state index contributed by atoms with van der Waals surface area (Å²) in [6.07, 6.45) is 5.22. The summed E-state index contributed by atoms with van der Waals surface area (Å²) < 4.78 is 7.30. The number of nitrogens with zero attached hydrogens (tertiary/aromatic N) is 4. The molecule has 1 aliphatic rings. The molecule has 0 radical (unpaired) electrons. The average Bonchev–Trinajstić information content (AvgIpc) is 2.95. The Morgan fingerprint density at radius 1 is 1.42 bits per heavy atom. The van der Waals surface area contributed by atoms with Gasteiger partial charge in [0.25, 0.3) is 0 Å². The number of hydrogen-bond donors (Lipinski definition) is 0. The number of piperidine rings is 1. The van der Waals surface area contributed by atoms with Gasteiger partial charge in [-0.1, -0.05) is 25.6 Å². The normalized spacial score (nSPS) is 18.1. The molecule has 6 nitrogen and oxygen atoms in total. The van der Waals surface area contributed by atoms with Gasteiger partial charge in [0.1, 0.15) is 5.82 Å². The van der Waals surface area contributed by atoms with Gasteiger partial charge in [-0.05, 0) is 31.6 Å². The fourth-order valence-electron chi connectivity index (χ4n) is 3.06. The summed E-state index contributed by atoms with van der Waals surface area (Å²) in [7, 11) is 1.72. The first-order chi connectivity index (χ1) is 11.7. The Hall–Kier alpha value is -1.08. The second-order valence-corrected chi connectivity index (χ2v) is 7.47. The minimum absolute atomic E-state index is 0.218. The Morgan fingerprint density at radius 2 is 2.25 bits per heavy atom. The van der Waals surface area contributed by atoms with Gasteiger partial charge in [-0.3, -0.25) is 4.79 Å². The van der Waals surface area contributed by atoms with E-state index in [0.717, 1.165) is 62.9 Å². The summed E-state index contributed by atoms with van der Waals surface area (Å²) in [6, 6.07) is 0. The number of likely N-dealkylation sites (tertiary alicyclic amines) is 1.